The molecule has 0 aromatic heterocycles. The van der Waals surface area contributed by atoms with Crippen molar-refractivity contribution in [3.05, 3.63) is 89.0 Å². The third kappa shape index (κ3) is 5.65. The summed E-state index contributed by atoms with van der Waals surface area (Å²) in [5, 5.41) is 3.05. The van der Waals surface area contributed by atoms with Crippen LogP contribution in [0.2, 0.25) is 0 Å². The predicted octanol–water partition coefficient (Wildman–Crippen LogP) is 5.83. The Morgan fingerprint density at radius 2 is 1.78 bits per heavy atom. The van der Waals surface area contributed by atoms with Crippen molar-refractivity contribution in [2.75, 3.05) is 23.8 Å². The second-order valence-corrected chi connectivity index (χ2v) is 9.25. The molecule has 0 bridgehead atoms. The van der Waals surface area contributed by atoms with Gasteiger partial charge in [0.1, 0.15) is 5.75 Å². The van der Waals surface area contributed by atoms with Crippen LogP contribution in [0.15, 0.2) is 71.6 Å². The van der Waals surface area contributed by atoms with Crippen molar-refractivity contribution in [3.63, 3.8) is 0 Å². The lowest BCUT2D eigenvalue weighted by molar-refractivity contribution is 0.0951. The number of thioether (sulfide) groups is 1. The van der Waals surface area contributed by atoms with Gasteiger partial charge in [-0.15, -0.1) is 11.8 Å². The first kappa shape index (κ1) is 22.3. The zero-order valence-corrected chi connectivity index (χ0v) is 19.6. The van der Waals surface area contributed by atoms with Crippen LogP contribution in [0.1, 0.15) is 40.4 Å². The van der Waals surface area contributed by atoms with Crippen molar-refractivity contribution in [3.8, 4) is 5.75 Å². The van der Waals surface area contributed by atoms with Crippen molar-refractivity contribution in [2.45, 2.75) is 38.3 Å². The summed E-state index contributed by atoms with van der Waals surface area (Å²) in [5.74, 6) is 1.87. The Morgan fingerprint density at radius 3 is 2.53 bits per heavy atom. The van der Waals surface area contributed by atoms with E-state index in [1.54, 1.807) is 0 Å². The average Bonchev–Trinajstić information content (AvgIpc) is 2.83. The molecule has 4 rings (SSSR count). The molecular formula is C27H30N2O2S. The Hall–Kier alpha value is -2.92. The molecule has 0 atom stereocenters. The fraction of sp³-hybridized carbons (Fsp3) is 0.296. The van der Waals surface area contributed by atoms with Gasteiger partial charge in [-0.25, -0.2) is 0 Å². The van der Waals surface area contributed by atoms with Gasteiger partial charge in [0.05, 0.1) is 12.3 Å². The Morgan fingerprint density at radius 1 is 1.03 bits per heavy atom. The summed E-state index contributed by atoms with van der Waals surface area (Å²) >= 11 is 1.86. The standard InChI is InChI=1S/C27H30N2O2S/c1-3-15-31-24-11-8-21(9-12-24)18-28-27(30)23-10-13-26-25(17-23)29(14-16-32-26)19-22-6-4-20(2)5-7-22/h4-13,17H,3,14-16,18-19H2,1-2H3,(H,28,30). The van der Waals surface area contributed by atoms with E-state index in [9.17, 15) is 4.79 Å². The smallest absolute Gasteiger partial charge is 0.251 e. The van der Waals surface area contributed by atoms with E-state index < -0.39 is 0 Å². The van der Waals surface area contributed by atoms with Gasteiger partial charge >= 0.3 is 0 Å². The number of carbonyl (C=O) groups excluding carboxylic acids is 1. The second-order valence-electron chi connectivity index (χ2n) is 8.11. The molecular weight excluding hydrogens is 416 g/mol. The Kier molecular flexibility index (Phi) is 7.38. The number of aryl methyl sites for hydroxylation is 1. The number of ether oxygens (including phenoxy) is 1. The minimum Gasteiger partial charge on any atom is -0.494 e. The summed E-state index contributed by atoms with van der Waals surface area (Å²) in [5.41, 5.74) is 5.45. The molecule has 3 aromatic rings. The van der Waals surface area contributed by atoms with Gasteiger partial charge in [-0.05, 0) is 54.8 Å². The fourth-order valence-electron chi connectivity index (χ4n) is 3.70. The minimum absolute atomic E-state index is 0.0510. The molecule has 1 amide bonds. The van der Waals surface area contributed by atoms with Crippen LogP contribution in [0.25, 0.3) is 0 Å². The van der Waals surface area contributed by atoms with Gasteiger partial charge in [-0.3, -0.25) is 4.79 Å². The molecule has 0 unspecified atom stereocenters. The van der Waals surface area contributed by atoms with E-state index in [2.05, 4.69) is 54.4 Å². The topological polar surface area (TPSA) is 41.6 Å². The van der Waals surface area contributed by atoms with Gasteiger partial charge < -0.3 is 15.0 Å². The SMILES string of the molecule is CCCOc1ccc(CNC(=O)c2ccc3c(c2)N(Cc2ccc(C)cc2)CCS3)cc1. The number of anilines is 1. The second kappa shape index (κ2) is 10.6. The summed E-state index contributed by atoms with van der Waals surface area (Å²) in [7, 11) is 0. The van der Waals surface area contributed by atoms with Gasteiger partial charge in [0.15, 0.2) is 0 Å². The molecule has 1 aliphatic rings. The van der Waals surface area contributed by atoms with Crippen LogP contribution >= 0.6 is 11.8 Å². The molecule has 0 spiro atoms. The number of amides is 1. The zero-order chi connectivity index (χ0) is 22.3. The zero-order valence-electron chi connectivity index (χ0n) is 18.8. The summed E-state index contributed by atoms with van der Waals surface area (Å²) in [6.07, 6.45) is 0.986. The van der Waals surface area contributed by atoms with E-state index in [0.29, 0.717) is 18.7 Å². The molecule has 0 fully saturated rings. The molecule has 1 heterocycles. The van der Waals surface area contributed by atoms with Crippen LogP contribution in [0.3, 0.4) is 0 Å². The van der Waals surface area contributed by atoms with E-state index in [1.165, 1.54) is 16.0 Å². The van der Waals surface area contributed by atoms with Crippen molar-refractivity contribution in [1.29, 1.82) is 0 Å². The lowest BCUT2D eigenvalue weighted by Crippen LogP contribution is -2.29. The molecule has 0 radical (unpaired) electrons. The van der Waals surface area contributed by atoms with Gasteiger partial charge in [-0.1, -0.05) is 48.9 Å². The predicted molar refractivity (Wildman–Crippen MR) is 133 cm³/mol. The van der Waals surface area contributed by atoms with E-state index >= 15 is 0 Å². The quantitative estimate of drug-likeness (QED) is 0.473. The number of benzene rings is 3. The van der Waals surface area contributed by atoms with E-state index in [0.717, 1.165) is 42.3 Å². The van der Waals surface area contributed by atoms with E-state index in [-0.39, 0.29) is 5.91 Å². The van der Waals surface area contributed by atoms with Crippen molar-refractivity contribution >= 4 is 23.4 Å². The number of rotatable bonds is 8. The molecule has 3 aromatic carbocycles. The van der Waals surface area contributed by atoms with Gasteiger partial charge in [0, 0.05) is 35.8 Å². The summed E-state index contributed by atoms with van der Waals surface area (Å²) in [6.45, 7) is 7.23. The highest BCUT2D eigenvalue weighted by Crippen LogP contribution is 2.36. The van der Waals surface area contributed by atoms with Crippen LogP contribution in [0.4, 0.5) is 5.69 Å². The van der Waals surface area contributed by atoms with Crippen molar-refractivity contribution in [2.24, 2.45) is 0 Å². The molecule has 1 aliphatic heterocycles. The normalized spacial score (nSPS) is 12.9. The summed E-state index contributed by atoms with van der Waals surface area (Å²) in [4.78, 5) is 16.5. The highest BCUT2D eigenvalue weighted by molar-refractivity contribution is 7.99. The number of carbonyl (C=O) groups is 1. The third-order valence-electron chi connectivity index (χ3n) is 5.52. The molecule has 0 saturated carbocycles. The first-order chi connectivity index (χ1) is 15.6. The lowest BCUT2D eigenvalue weighted by Gasteiger charge is -2.31. The first-order valence-electron chi connectivity index (χ1n) is 11.2. The summed E-state index contributed by atoms with van der Waals surface area (Å²) in [6, 6.07) is 22.6. The van der Waals surface area contributed by atoms with Gasteiger partial charge in [0.2, 0.25) is 0 Å². The Balaban J connectivity index is 1.41. The highest BCUT2D eigenvalue weighted by Gasteiger charge is 2.19. The molecule has 166 valence electrons. The van der Waals surface area contributed by atoms with E-state index in [4.69, 9.17) is 4.74 Å². The maximum Gasteiger partial charge on any atom is 0.251 e. The maximum atomic E-state index is 12.9. The van der Waals surface area contributed by atoms with Crippen LogP contribution < -0.4 is 15.0 Å². The van der Waals surface area contributed by atoms with Crippen LogP contribution in [-0.2, 0) is 13.1 Å². The number of nitrogens with one attached hydrogen (secondary N) is 1. The van der Waals surface area contributed by atoms with Crippen LogP contribution in [-0.4, -0.2) is 24.8 Å². The number of nitrogens with zero attached hydrogens (tertiary/aromatic N) is 1. The minimum atomic E-state index is -0.0510. The lowest BCUT2D eigenvalue weighted by atomic mass is 10.1. The number of hydrogen-bond donors (Lipinski definition) is 1. The third-order valence-corrected chi connectivity index (χ3v) is 6.57. The van der Waals surface area contributed by atoms with E-state index in [1.807, 2.05) is 48.2 Å². The highest BCUT2D eigenvalue weighted by atomic mass is 32.2. The van der Waals surface area contributed by atoms with Gasteiger partial charge in [-0.2, -0.15) is 0 Å². The van der Waals surface area contributed by atoms with Crippen LogP contribution in [0, 0.1) is 6.92 Å². The molecule has 32 heavy (non-hydrogen) atoms. The molecule has 0 saturated heterocycles. The number of fused-ring (bicyclic) bond motifs is 1. The Bertz CT molecular complexity index is 1050. The molecule has 0 aliphatic carbocycles. The van der Waals surface area contributed by atoms with Crippen molar-refractivity contribution < 1.29 is 9.53 Å². The fourth-order valence-corrected chi connectivity index (χ4v) is 4.73. The summed E-state index contributed by atoms with van der Waals surface area (Å²) < 4.78 is 5.62. The van der Waals surface area contributed by atoms with Crippen molar-refractivity contribution in [1.82, 2.24) is 5.32 Å². The van der Waals surface area contributed by atoms with Crippen LogP contribution in [0.5, 0.6) is 5.75 Å². The first-order valence-corrected chi connectivity index (χ1v) is 12.2. The molecule has 4 nitrogen and oxygen atoms in total. The van der Waals surface area contributed by atoms with Gasteiger partial charge in [0.25, 0.3) is 5.91 Å². The largest absolute Gasteiger partial charge is 0.494 e. The molecule has 1 N–H and O–H groups in total. The maximum absolute atomic E-state index is 12.9. The molecule has 5 heteroatoms. The monoisotopic (exact) mass is 446 g/mol. The average molecular weight is 447 g/mol. The Labute approximate surface area is 195 Å². The number of hydrogen-bond acceptors (Lipinski definition) is 4.